The number of carbonyl (C=O) groups is 2. The van der Waals surface area contributed by atoms with Gasteiger partial charge in [-0.1, -0.05) is 26.8 Å². The second-order valence-electron chi connectivity index (χ2n) is 5.65. The molecule has 2 atom stereocenters. The van der Waals surface area contributed by atoms with Crippen LogP contribution in [0.5, 0.6) is 0 Å². The predicted octanol–water partition coefficient (Wildman–Crippen LogP) is 4.18. The molecule has 5 nitrogen and oxygen atoms in total. The Labute approximate surface area is 142 Å². The van der Waals surface area contributed by atoms with E-state index in [0.717, 1.165) is 23.0 Å². The van der Waals surface area contributed by atoms with Crippen molar-refractivity contribution in [2.75, 3.05) is 6.61 Å². The normalized spacial score (nSPS) is 21.2. The van der Waals surface area contributed by atoms with Gasteiger partial charge in [0.25, 0.3) is 5.91 Å². The highest BCUT2D eigenvalue weighted by Gasteiger charge is 2.55. The molecule has 0 aromatic carbocycles. The first-order chi connectivity index (χ1) is 11.0. The molecule has 1 fully saturated rings. The van der Waals surface area contributed by atoms with Crippen LogP contribution in [-0.4, -0.2) is 37.9 Å². The summed E-state index contributed by atoms with van der Waals surface area (Å²) in [5.41, 5.74) is 0. The molecule has 1 saturated heterocycles. The first kappa shape index (κ1) is 18.2. The molecule has 2 rings (SSSR count). The highest BCUT2D eigenvalue weighted by molar-refractivity contribution is 7.10. The van der Waals surface area contributed by atoms with E-state index in [0.29, 0.717) is 0 Å². The molecule has 0 saturated carbocycles. The third-order valence-electron chi connectivity index (χ3n) is 4.65. The van der Waals surface area contributed by atoms with Crippen LogP contribution in [0.1, 0.15) is 38.6 Å². The van der Waals surface area contributed by atoms with Crippen molar-refractivity contribution in [2.45, 2.75) is 58.0 Å². The van der Waals surface area contributed by atoms with Gasteiger partial charge in [0, 0.05) is 4.88 Å². The molecule has 1 aliphatic rings. The van der Waals surface area contributed by atoms with E-state index in [1.165, 1.54) is 16.2 Å². The molecule has 2 heterocycles. The first-order valence-corrected chi connectivity index (χ1v) is 11.7. The number of rotatable bonds is 7. The molecular formula is C16H25NO4SSi. The van der Waals surface area contributed by atoms with Gasteiger partial charge >= 0.3 is 6.09 Å². The maximum absolute atomic E-state index is 12.5. The summed E-state index contributed by atoms with van der Waals surface area (Å²) in [4.78, 5) is 26.8. The smallest absolute Gasteiger partial charge is 0.417 e. The standard InChI is InChI=1S/C16H25NO4SSi/c1-5-20-16(19)17-13(12-10-9-11-22-12)14(15(17)18)21-23(6-2,7-3)8-4/h9-11,13-14H,5-8H2,1-4H3/t13-,14+/m1/s1. The Hall–Kier alpha value is -1.18. The Bertz CT molecular complexity index is 536. The van der Waals surface area contributed by atoms with Gasteiger partial charge in [-0.3, -0.25) is 4.79 Å². The molecule has 1 aromatic heterocycles. The minimum absolute atomic E-state index is 0.253. The third-order valence-corrected chi connectivity index (χ3v) is 10.2. The van der Waals surface area contributed by atoms with E-state index in [1.54, 1.807) is 6.92 Å². The SMILES string of the molecule is CCOC(=O)N1C(=O)[C@@H](O[Si](CC)(CC)CC)[C@H]1c1cccs1. The maximum Gasteiger partial charge on any atom is 0.417 e. The Balaban J connectivity index is 2.25. The fourth-order valence-electron chi connectivity index (χ4n) is 2.98. The van der Waals surface area contributed by atoms with Crippen molar-refractivity contribution in [1.29, 1.82) is 0 Å². The minimum atomic E-state index is -1.92. The largest absolute Gasteiger partial charge is 0.449 e. The molecule has 0 spiro atoms. The summed E-state index contributed by atoms with van der Waals surface area (Å²) in [5, 5.41) is 1.95. The second kappa shape index (κ2) is 7.59. The molecular weight excluding hydrogens is 330 g/mol. The Kier molecular flexibility index (Phi) is 5.99. The van der Waals surface area contributed by atoms with Crippen molar-refractivity contribution < 1.29 is 18.8 Å². The summed E-state index contributed by atoms with van der Waals surface area (Å²) in [6.45, 7) is 8.38. The van der Waals surface area contributed by atoms with Crippen LogP contribution in [-0.2, 0) is 14.0 Å². The average Bonchev–Trinajstić information content (AvgIpc) is 3.07. The van der Waals surface area contributed by atoms with Gasteiger partial charge in [0.1, 0.15) is 6.04 Å². The number of likely N-dealkylation sites (tertiary alicyclic amines) is 1. The molecule has 0 radical (unpaired) electrons. The number of imide groups is 1. The van der Waals surface area contributed by atoms with Gasteiger partial charge in [0.15, 0.2) is 14.4 Å². The summed E-state index contributed by atoms with van der Waals surface area (Å²) < 4.78 is 11.4. The predicted molar refractivity (Wildman–Crippen MR) is 93.0 cm³/mol. The van der Waals surface area contributed by atoms with Crippen molar-refractivity contribution in [1.82, 2.24) is 4.90 Å². The molecule has 0 N–H and O–H groups in total. The first-order valence-electron chi connectivity index (χ1n) is 8.24. The molecule has 1 aliphatic heterocycles. The Morgan fingerprint density at radius 3 is 2.39 bits per heavy atom. The summed E-state index contributed by atoms with van der Waals surface area (Å²) in [6, 6.07) is 6.43. The van der Waals surface area contributed by atoms with Crippen molar-refractivity contribution in [2.24, 2.45) is 0 Å². The van der Waals surface area contributed by atoms with Crippen LogP contribution < -0.4 is 0 Å². The highest BCUT2D eigenvalue weighted by atomic mass is 32.1. The number of thiophene rings is 1. The number of β-lactam (4-membered cyclic amide) rings is 1. The van der Waals surface area contributed by atoms with E-state index in [-0.39, 0.29) is 18.6 Å². The van der Waals surface area contributed by atoms with Gasteiger partial charge in [-0.25, -0.2) is 9.69 Å². The van der Waals surface area contributed by atoms with Crippen molar-refractivity contribution in [3.05, 3.63) is 22.4 Å². The summed E-state index contributed by atoms with van der Waals surface area (Å²) in [7, 11) is -1.92. The Morgan fingerprint density at radius 1 is 1.26 bits per heavy atom. The molecule has 1 aromatic rings. The number of carbonyl (C=O) groups excluding carboxylic acids is 2. The van der Waals surface area contributed by atoms with E-state index in [2.05, 4.69) is 20.8 Å². The lowest BCUT2D eigenvalue weighted by atomic mass is 9.97. The van der Waals surface area contributed by atoms with Crippen molar-refractivity contribution in [3.63, 3.8) is 0 Å². The van der Waals surface area contributed by atoms with E-state index in [4.69, 9.17) is 9.16 Å². The van der Waals surface area contributed by atoms with Crippen molar-refractivity contribution in [3.8, 4) is 0 Å². The molecule has 0 unspecified atom stereocenters. The van der Waals surface area contributed by atoms with Gasteiger partial charge in [0.05, 0.1) is 6.61 Å². The zero-order valence-corrected chi connectivity index (χ0v) is 16.0. The third kappa shape index (κ3) is 3.36. The van der Waals surface area contributed by atoms with Crippen LogP contribution in [0.2, 0.25) is 18.1 Å². The minimum Gasteiger partial charge on any atom is -0.449 e. The summed E-state index contributed by atoms with van der Waals surface area (Å²) >= 11 is 1.53. The topological polar surface area (TPSA) is 55.8 Å². The van der Waals surface area contributed by atoms with Crippen LogP contribution in [0, 0.1) is 0 Å². The molecule has 0 bridgehead atoms. The zero-order chi connectivity index (χ0) is 17.0. The summed E-state index contributed by atoms with van der Waals surface area (Å²) in [5.74, 6) is -0.269. The van der Waals surface area contributed by atoms with Crippen LogP contribution in [0.15, 0.2) is 17.5 Å². The maximum atomic E-state index is 12.5. The fraction of sp³-hybridized carbons (Fsp3) is 0.625. The lowest BCUT2D eigenvalue weighted by Crippen LogP contribution is -2.64. The van der Waals surface area contributed by atoms with Gasteiger partial charge in [0.2, 0.25) is 0 Å². The van der Waals surface area contributed by atoms with Gasteiger partial charge in [-0.15, -0.1) is 11.3 Å². The summed E-state index contributed by atoms with van der Waals surface area (Å²) in [6.07, 6.45) is -1.13. The van der Waals surface area contributed by atoms with Gasteiger partial charge < -0.3 is 9.16 Å². The molecule has 0 aliphatic carbocycles. The van der Waals surface area contributed by atoms with E-state index >= 15 is 0 Å². The molecule has 23 heavy (non-hydrogen) atoms. The van der Waals surface area contributed by atoms with Crippen molar-refractivity contribution >= 4 is 31.7 Å². The number of ether oxygens (including phenoxy) is 1. The zero-order valence-electron chi connectivity index (χ0n) is 14.2. The average molecular weight is 356 g/mol. The lowest BCUT2D eigenvalue weighted by molar-refractivity contribution is -0.160. The van der Waals surface area contributed by atoms with E-state index in [1.807, 2.05) is 17.5 Å². The van der Waals surface area contributed by atoms with E-state index in [9.17, 15) is 9.59 Å². The van der Waals surface area contributed by atoms with E-state index < -0.39 is 20.5 Å². The monoisotopic (exact) mass is 355 g/mol. The number of hydrogen-bond donors (Lipinski definition) is 0. The van der Waals surface area contributed by atoms with Gasteiger partial charge in [-0.05, 0) is 36.5 Å². The molecule has 7 heteroatoms. The molecule has 2 amide bonds. The van der Waals surface area contributed by atoms with Crippen LogP contribution in [0.25, 0.3) is 0 Å². The molecule has 128 valence electrons. The van der Waals surface area contributed by atoms with Crippen LogP contribution in [0.3, 0.4) is 0 Å². The Morgan fingerprint density at radius 2 is 1.91 bits per heavy atom. The lowest BCUT2D eigenvalue weighted by Gasteiger charge is -2.47. The quantitative estimate of drug-likeness (QED) is 0.544. The number of amides is 2. The number of nitrogens with zero attached hydrogens (tertiary/aromatic N) is 1. The van der Waals surface area contributed by atoms with Crippen LogP contribution in [0.4, 0.5) is 4.79 Å². The fourth-order valence-corrected chi connectivity index (χ4v) is 6.59. The number of hydrogen-bond acceptors (Lipinski definition) is 5. The second-order valence-corrected chi connectivity index (χ2v) is 11.4. The highest BCUT2D eigenvalue weighted by Crippen LogP contribution is 2.42. The van der Waals surface area contributed by atoms with Gasteiger partial charge in [-0.2, -0.15) is 0 Å². The van der Waals surface area contributed by atoms with Crippen LogP contribution >= 0.6 is 11.3 Å².